The van der Waals surface area contributed by atoms with E-state index >= 15 is 0 Å². The number of aromatic nitrogens is 3. The third-order valence-corrected chi connectivity index (χ3v) is 11.7. The van der Waals surface area contributed by atoms with Crippen LogP contribution in [0.2, 0.25) is 0 Å². The number of fused-ring (bicyclic) bond motifs is 8. The molecule has 59 heavy (non-hydrogen) atoms. The number of benzene rings is 10. The van der Waals surface area contributed by atoms with E-state index < -0.39 is 0 Å². The van der Waals surface area contributed by atoms with Crippen molar-refractivity contribution in [1.29, 1.82) is 0 Å². The summed E-state index contributed by atoms with van der Waals surface area (Å²) in [6.07, 6.45) is 0. The highest BCUT2D eigenvalue weighted by molar-refractivity contribution is 6.17. The van der Waals surface area contributed by atoms with E-state index in [4.69, 9.17) is 19.4 Å². The highest BCUT2D eigenvalue weighted by atomic mass is 16.3. The molecule has 0 aliphatic carbocycles. The fourth-order valence-electron chi connectivity index (χ4n) is 8.81. The Morgan fingerprint density at radius 2 is 0.847 bits per heavy atom. The first kappa shape index (κ1) is 33.2. The lowest BCUT2D eigenvalue weighted by molar-refractivity contribution is 0.669. The van der Waals surface area contributed by atoms with Crippen LogP contribution in [-0.4, -0.2) is 15.0 Å². The van der Waals surface area contributed by atoms with Crippen molar-refractivity contribution in [3.63, 3.8) is 0 Å². The molecule has 0 spiro atoms. The number of rotatable bonds is 5. The Balaban J connectivity index is 1.04. The van der Waals surface area contributed by atoms with Gasteiger partial charge < -0.3 is 4.42 Å². The maximum absolute atomic E-state index is 6.51. The minimum absolute atomic E-state index is 0.626. The smallest absolute Gasteiger partial charge is 0.164 e. The van der Waals surface area contributed by atoms with E-state index in [1.54, 1.807) is 0 Å². The monoisotopic (exact) mass is 751 g/mol. The highest BCUT2D eigenvalue weighted by Crippen LogP contribution is 2.43. The van der Waals surface area contributed by atoms with Crippen LogP contribution in [0.1, 0.15) is 0 Å². The number of hydrogen-bond donors (Lipinski definition) is 0. The van der Waals surface area contributed by atoms with Crippen molar-refractivity contribution >= 4 is 65.0 Å². The lowest BCUT2D eigenvalue weighted by Gasteiger charge is -2.14. The molecule has 0 saturated carbocycles. The lowest BCUT2D eigenvalue weighted by atomic mass is 9.91. The number of hydrogen-bond acceptors (Lipinski definition) is 4. The standard InChI is InChI=1S/C55H33N3O/c1-2-13-37(14-3-1)53-56-54(41-26-24-36-23-22-35-12-6-7-16-42(35)48(36)33-41)58-55(57-53)47-29-28-45(43-17-8-9-18-44(43)47)46-19-10-20-51-52(46)49-32-40(27-30-50(49)59-51)39-25-21-34-11-4-5-15-38(34)31-39/h1-33H. The highest BCUT2D eigenvalue weighted by Gasteiger charge is 2.19. The molecular weight excluding hydrogens is 719 g/mol. The van der Waals surface area contributed by atoms with Crippen LogP contribution in [0.25, 0.3) is 121 Å². The van der Waals surface area contributed by atoms with Gasteiger partial charge in [-0.2, -0.15) is 0 Å². The molecule has 0 aliphatic rings. The first-order valence-electron chi connectivity index (χ1n) is 19.9. The van der Waals surface area contributed by atoms with E-state index in [-0.39, 0.29) is 0 Å². The average Bonchev–Trinajstić information content (AvgIpc) is 3.69. The fraction of sp³-hybridized carbons (Fsp3) is 0. The Kier molecular flexibility index (Phi) is 7.50. The minimum Gasteiger partial charge on any atom is -0.456 e. The van der Waals surface area contributed by atoms with E-state index in [1.807, 2.05) is 18.2 Å². The van der Waals surface area contributed by atoms with Crippen molar-refractivity contribution in [2.45, 2.75) is 0 Å². The van der Waals surface area contributed by atoms with Crippen molar-refractivity contribution in [2.24, 2.45) is 0 Å². The molecule has 0 atom stereocenters. The van der Waals surface area contributed by atoms with E-state index in [0.29, 0.717) is 17.5 Å². The predicted molar refractivity (Wildman–Crippen MR) is 244 cm³/mol. The molecule has 12 rings (SSSR count). The van der Waals surface area contributed by atoms with Crippen LogP contribution in [-0.2, 0) is 0 Å². The van der Waals surface area contributed by atoms with Gasteiger partial charge in [-0.3, -0.25) is 0 Å². The van der Waals surface area contributed by atoms with Gasteiger partial charge in [0.25, 0.3) is 0 Å². The van der Waals surface area contributed by atoms with Crippen LogP contribution in [0.15, 0.2) is 205 Å². The van der Waals surface area contributed by atoms with E-state index in [0.717, 1.165) is 66.1 Å². The SMILES string of the molecule is c1ccc(-c2nc(-c3ccc4ccc5ccccc5c4c3)nc(-c3ccc(-c4cccc5oc6ccc(-c7ccc8ccccc8c7)cc6c45)c4ccccc34)n2)cc1. The second-order valence-electron chi connectivity index (χ2n) is 15.2. The lowest BCUT2D eigenvalue weighted by Crippen LogP contribution is -2.01. The van der Waals surface area contributed by atoms with Crippen LogP contribution in [0.3, 0.4) is 0 Å². The minimum atomic E-state index is 0.626. The van der Waals surface area contributed by atoms with Crippen LogP contribution >= 0.6 is 0 Å². The Hall–Kier alpha value is -7.95. The fourth-order valence-corrected chi connectivity index (χ4v) is 8.81. The van der Waals surface area contributed by atoms with Crippen molar-refractivity contribution < 1.29 is 4.42 Å². The van der Waals surface area contributed by atoms with E-state index in [1.165, 1.54) is 37.9 Å². The Morgan fingerprint density at radius 1 is 0.271 bits per heavy atom. The molecule has 0 unspecified atom stereocenters. The molecule has 0 saturated heterocycles. The molecule has 0 aliphatic heterocycles. The Labute approximate surface area is 339 Å². The third kappa shape index (κ3) is 5.57. The van der Waals surface area contributed by atoms with Crippen molar-refractivity contribution in [2.75, 3.05) is 0 Å². The van der Waals surface area contributed by atoms with Crippen LogP contribution < -0.4 is 0 Å². The first-order chi connectivity index (χ1) is 29.2. The molecule has 10 aromatic carbocycles. The third-order valence-electron chi connectivity index (χ3n) is 11.7. The average molecular weight is 752 g/mol. The van der Waals surface area contributed by atoms with Crippen LogP contribution in [0.4, 0.5) is 0 Å². The topological polar surface area (TPSA) is 51.8 Å². The molecule has 0 N–H and O–H groups in total. The second-order valence-corrected chi connectivity index (χ2v) is 15.2. The molecule has 4 nitrogen and oxygen atoms in total. The van der Waals surface area contributed by atoms with Gasteiger partial charge in [-0.05, 0) is 102 Å². The molecule has 274 valence electrons. The van der Waals surface area contributed by atoms with Gasteiger partial charge in [0.15, 0.2) is 17.5 Å². The van der Waals surface area contributed by atoms with Gasteiger partial charge in [-0.25, -0.2) is 15.0 Å². The van der Waals surface area contributed by atoms with Gasteiger partial charge >= 0.3 is 0 Å². The van der Waals surface area contributed by atoms with Crippen molar-refractivity contribution in [3.8, 4) is 56.4 Å². The van der Waals surface area contributed by atoms with Gasteiger partial charge in [0.05, 0.1) is 0 Å². The predicted octanol–water partition coefficient (Wildman–Crippen LogP) is 14.7. The molecule has 2 aromatic heterocycles. The molecular formula is C55H33N3O. The van der Waals surface area contributed by atoms with Gasteiger partial charge in [0.1, 0.15) is 11.2 Å². The molecule has 0 radical (unpaired) electrons. The molecule has 0 bridgehead atoms. The number of nitrogens with zero attached hydrogens (tertiary/aromatic N) is 3. The summed E-state index contributed by atoms with van der Waals surface area (Å²) in [6, 6.07) is 70.6. The summed E-state index contributed by atoms with van der Waals surface area (Å²) >= 11 is 0. The summed E-state index contributed by atoms with van der Waals surface area (Å²) in [5.74, 6) is 1.89. The Bertz CT molecular complexity index is 3620. The second kappa shape index (κ2) is 13.3. The normalized spacial score (nSPS) is 11.7. The summed E-state index contributed by atoms with van der Waals surface area (Å²) in [5, 5.41) is 11.6. The molecule has 12 aromatic rings. The zero-order valence-electron chi connectivity index (χ0n) is 31.8. The van der Waals surface area contributed by atoms with Gasteiger partial charge in [0, 0.05) is 27.5 Å². The quantitative estimate of drug-likeness (QED) is 0.164. The Morgan fingerprint density at radius 3 is 1.69 bits per heavy atom. The maximum atomic E-state index is 6.51. The summed E-state index contributed by atoms with van der Waals surface area (Å²) in [4.78, 5) is 15.5. The molecule has 0 amide bonds. The van der Waals surface area contributed by atoms with Gasteiger partial charge in [-0.15, -0.1) is 0 Å². The van der Waals surface area contributed by atoms with Gasteiger partial charge in [-0.1, -0.05) is 164 Å². The number of furan rings is 1. The zero-order chi connectivity index (χ0) is 38.9. The molecule has 2 heterocycles. The van der Waals surface area contributed by atoms with Crippen LogP contribution in [0, 0.1) is 0 Å². The summed E-state index contributed by atoms with van der Waals surface area (Å²) in [5.41, 5.74) is 9.11. The maximum Gasteiger partial charge on any atom is 0.164 e. The van der Waals surface area contributed by atoms with Crippen LogP contribution in [0.5, 0.6) is 0 Å². The largest absolute Gasteiger partial charge is 0.456 e. The molecule has 0 fully saturated rings. The van der Waals surface area contributed by atoms with E-state index in [2.05, 4.69) is 182 Å². The van der Waals surface area contributed by atoms with Crippen molar-refractivity contribution in [1.82, 2.24) is 15.0 Å². The molecule has 4 heteroatoms. The summed E-state index contributed by atoms with van der Waals surface area (Å²) < 4.78 is 6.51. The summed E-state index contributed by atoms with van der Waals surface area (Å²) in [7, 11) is 0. The van der Waals surface area contributed by atoms with E-state index in [9.17, 15) is 0 Å². The summed E-state index contributed by atoms with van der Waals surface area (Å²) in [6.45, 7) is 0. The van der Waals surface area contributed by atoms with Gasteiger partial charge in [0.2, 0.25) is 0 Å². The first-order valence-corrected chi connectivity index (χ1v) is 19.9. The zero-order valence-corrected chi connectivity index (χ0v) is 31.8. The van der Waals surface area contributed by atoms with Crippen molar-refractivity contribution in [3.05, 3.63) is 200 Å².